The molecule has 1 heterocycles. The van der Waals surface area contributed by atoms with E-state index in [9.17, 15) is 10.2 Å². The van der Waals surface area contributed by atoms with Crippen molar-refractivity contribution < 1.29 is 14.6 Å². The van der Waals surface area contributed by atoms with Gasteiger partial charge in [-0.15, -0.1) is 0 Å². The van der Waals surface area contributed by atoms with Gasteiger partial charge < -0.3 is 14.6 Å². The predicted octanol–water partition coefficient (Wildman–Crippen LogP) is 3.41. The molecule has 0 radical (unpaired) electrons. The molecule has 2 aromatic carbocycles. The van der Waals surface area contributed by atoms with Crippen molar-refractivity contribution in [3.05, 3.63) is 65.9 Å². The van der Waals surface area contributed by atoms with Gasteiger partial charge in [-0.1, -0.05) is 30.3 Å². The molecule has 2 N–H and O–H groups in total. The number of fused-ring (bicyclic) bond motifs is 1. The molecular weight excluding hydrogens is 240 g/mol. The lowest BCUT2D eigenvalue weighted by atomic mass is 10.0. The van der Waals surface area contributed by atoms with Crippen molar-refractivity contribution in [2.24, 2.45) is 0 Å². The third-order valence-electron chi connectivity index (χ3n) is 3.21. The van der Waals surface area contributed by atoms with Gasteiger partial charge in [0.2, 0.25) is 0 Å². The van der Waals surface area contributed by atoms with Crippen LogP contribution in [-0.4, -0.2) is 10.2 Å². The fraction of sp³-hybridized carbons (Fsp3) is 0.125. The minimum Gasteiger partial charge on any atom is -0.508 e. The van der Waals surface area contributed by atoms with E-state index in [2.05, 4.69) is 0 Å². The highest BCUT2D eigenvalue weighted by Gasteiger charge is 2.14. The Bertz CT molecular complexity index is 700. The molecule has 0 bridgehead atoms. The highest BCUT2D eigenvalue weighted by Crippen LogP contribution is 2.28. The van der Waals surface area contributed by atoms with Crippen LogP contribution in [0.25, 0.3) is 11.0 Å². The van der Waals surface area contributed by atoms with Gasteiger partial charge in [0.15, 0.2) is 0 Å². The van der Waals surface area contributed by atoms with Crippen LogP contribution in [0.5, 0.6) is 5.75 Å². The molecule has 0 fully saturated rings. The molecule has 96 valence electrons. The Kier molecular flexibility index (Phi) is 2.97. The number of phenolic OH excluding ortho intramolecular Hbond substituents is 1. The smallest absolute Gasteiger partial charge is 0.134 e. The molecule has 3 nitrogen and oxygen atoms in total. The van der Waals surface area contributed by atoms with E-state index in [1.165, 1.54) is 0 Å². The zero-order chi connectivity index (χ0) is 13.2. The van der Waals surface area contributed by atoms with Crippen LogP contribution in [0.3, 0.4) is 0 Å². The summed E-state index contributed by atoms with van der Waals surface area (Å²) >= 11 is 0. The van der Waals surface area contributed by atoms with E-state index in [1.54, 1.807) is 24.5 Å². The number of aromatic hydroxyl groups is 1. The van der Waals surface area contributed by atoms with Crippen LogP contribution in [0.4, 0.5) is 0 Å². The molecule has 1 aromatic heterocycles. The third kappa shape index (κ3) is 2.33. The largest absolute Gasteiger partial charge is 0.508 e. The van der Waals surface area contributed by atoms with Crippen LogP contribution in [0.2, 0.25) is 0 Å². The molecule has 0 saturated carbocycles. The van der Waals surface area contributed by atoms with Crippen LogP contribution in [0, 0.1) is 0 Å². The standard InChI is InChI=1S/C16H14O3/c17-12-5-3-4-11(8-12)9-15(18)14-10-19-16-7-2-1-6-13(14)16/h1-8,10,15,17-18H,9H2. The summed E-state index contributed by atoms with van der Waals surface area (Å²) in [5, 5.41) is 20.7. The van der Waals surface area contributed by atoms with Gasteiger partial charge >= 0.3 is 0 Å². The van der Waals surface area contributed by atoms with Gasteiger partial charge in [-0.2, -0.15) is 0 Å². The predicted molar refractivity (Wildman–Crippen MR) is 73.0 cm³/mol. The number of aliphatic hydroxyl groups is 1. The Labute approximate surface area is 110 Å². The number of furan rings is 1. The monoisotopic (exact) mass is 254 g/mol. The first kappa shape index (κ1) is 11.8. The number of rotatable bonds is 3. The second kappa shape index (κ2) is 4.78. The molecule has 0 saturated heterocycles. The van der Waals surface area contributed by atoms with Gasteiger partial charge in [0.1, 0.15) is 11.3 Å². The van der Waals surface area contributed by atoms with Gasteiger partial charge in [0, 0.05) is 17.4 Å². The van der Waals surface area contributed by atoms with Crippen molar-refractivity contribution in [3.63, 3.8) is 0 Å². The molecule has 3 aromatic rings. The number of para-hydroxylation sites is 1. The lowest BCUT2D eigenvalue weighted by Crippen LogP contribution is -2.00. The quantitative estimate of drug-likeness (QED) is 0.753. The lowest BCUT2D eigenvalue weighted by Gasteiger charge is -2.09. The molecular formula is C16H14O3. The van der Waals surface area contributed by atoms with Gasteiger partial charge in [-0.05, 0) is 23.8 Å². The van der Waals surface area contributed by atoms with Gasteiger partial charge in [-0.3, -0.25) is 0 Å². The highest BCUT2D eigenvalue weighted by atomic mass is 16.3. The van der Waals surface area contributed by atoms with Crippen molar-refractivity contribution in [2.75, 3.05) is 0 Å². The Morgan fingerprint density at radius 2 is 1.89 bits per heavy atom. The van der Waals surface area contributed by atoms with Gasteiger partial charge in [0.05, 0.1) is 12.4 Å². The number of benzene rings is 2. The summed E-state index contributed by atoms with van der Waals surface area (Å²) in [6.45, 7) is 0. The van der Waals surface area contributed by atoms with Crippen molar-refractivity contribution in [3.8, 4) is 5.75 Å². The Balaban J connectivity index is 1.90. The molecule has 0 spiro atoms. The fourth-order valence-corrected chi connectivity index (χ4v) is 2.27. The molecule has 0 aliphatic heterocycles. The SMILES string of the molecule is Oc1cccc(CC(O)c2coc3ccccc23)c1. The van der Waals surface area contributed by atoms with Gasteiger partial charge in [-0.25, -0.2) is 0 Å². The first-order valence-electron chi connectivity index (χ1n) is 6.16. The topological polar surface area (TPSA) is 53.6 Å². The summed E-state index contributed by atoms with van der Waals surface area (Å²) in [5.74, 6) is 0.210. The molecule has 0 aliphatic carbocycles. The van der Waals surface area contributed by atoms with Crippen LogP contribution >= 0.6 is 0 Å². The molecule has 3 heteroatoms. The number of phenols is 1. The molecule has 3 rings (SSSR count). The lowest BCUT2D eigenvalue weighted by molar-refractivity contribution is 0.179. The van der Waals surface area contributed by atoms with E-state index in [0.29, 0.717) is 6.42 Å². The highest BCUT2D eigenvalue weighted by molar-refractivity contribution is 5.81. The maximum Gasteiger partial charge on any atom is 0.134 e. The van der Waals surface area contributed by atoms with E-state index >= 15 is 0 Å². The van der Waals surface area contributed by atoms with Crippen molar-refractivity contribution in [1.29, 1.82) is 0 Å². The zero-order valence-electron chi connectivity index (χ0n) is 10.3. The van der Waals surface area contributed by atoms with Gasteiger partial charge in [0.25, 0.3) is 0 Å². The van der Waals surface area contributed by atoms with E-state index < -0.39 is 6.10 Å². The summed E-state index contributed by atoms with van der Waals surface area (Å²) in [4.78, 5) is 0. The minimum atomic E-state index is -0.648. The maximum atomic E-state index is 10.3. The summed E-state index contributed by atoms with van der Waals surface area (Å²) in [6, 6.07) is 14.5. The minimum absolute atomic E-state index is 0.210. The molecule has 19 heavy (non-hydrogen) atoms. The summed E-state index contributed by atoms with van der Waals surface area (Å²) in [5.41, 5.74) is 2.43. The first-order valence-corrected chi connectivity index (χ1v) is 6.16. The number of hydrogen-bond acceptors (Lipinski definition) is 3. The van der Waals surface area contributed by atoms with Crippen LogP contribution in [0.15, 0.2) is 59.2 Å². The molecule has 1 unspecified atom stereocenters. The Hall–Kier alpha value is -2.26. The zero-order valence-corrected chi connectivity index (χ0v) is 10.3. The van der Waals surface area contributed by atoms with E-state index in [-0.39, 0.29) is 5.75 Å². The average Bonchev–Trinajstić information content (AvgIpc) is 2.82. The maximum absolute atomic E-state index is 10.3. The number of hydrogen-bond donors (Lipinski definition) is 2. The summed E-state index contributed by atoms with van der Waals surface area (Å²) in [6.07, 6.45) is 1.39. The Morgan fingerprint density at radius 3 is 2.74 bits per heavy atom. The van der Waals surface area contributed by atoms with E-state index in [1.807, 2.05) is 30.3 Å². The van der Waals surface area contributed by atoms with Crippen molar-refractivity contribution in [2.45, 2.75) is 12.5 Å². The van der Waals surface area contributed by atoms with Crippen LogP contribution in [0.1, 0.15) is 17.2 Å². The summed E-state index contributed by atoms with van der Waals surface area (Å²) < 4.78 is 5.42. The average molecular weight is 254 g/mol. The van der Waals surface area contributed by atoms with Crippen LogP contribution < -0.4 is 0 Å². The van der Waals surface area contributed by atoms with Crippen molar-refractivity contribution >= 4 is 11.0 Å². The van der Waals surface area contributed by atoms with E-state index in [4.69, 9.17) is 4.42 Å². The molecule has 0 aliphatic rings. The normalized spacial score (nSPS) is 12.7. The molecule has 0 amide bonds. The second-order valence-electron chi connectivity index (χ2n) is 4.58. The number of aliphatic hydroxyl groups excluding tert-OH is 1. The summed E-state index contributed by atoms with van der Waals surface area (Å²) in [7, 11) is 0. The third-order valence-corrected chi connectivity index (χ3v) is 3.21. The first-order chi connectivity index (χ1) is 9.24. The molecule has 1 atom stereocenters. The fourth-order valence-electron chi connectivity index (χ4n) is 2.27. The second-order valence-corrected chi connectivity index (χ2v) is 4.58. The Morgan fingerprint density at radius 1 is 1.05 bits per heavy atom. The van der Waals surface area contributed by atoms with Crippen molar-refractivity contribution in [1.82, 2.24) is 0 Å². The van der Waals surface area contributed by atoms with Crippen LogP contribution in [-0.2, 0) is 6.42 Å². The van der Waals surface area contributed by atoms with E-state index in [0.717, 1.165) is 22.1 Å².